The molecule has 0 saturated carbocycles. The number of piperazine rings is 1. The van der Waals surface area contributed by atoms with Crippen LogP contribution in [0.25, 0.3) is 0 Å². The maximum absolute atomic E-state index is 13.1. The largest absolute Gasteiger partial charge is 0.378 e. The Morgan fingerprint density at radius 3 is 2.13 bits per heavy atom. The van der Waals surface area contributed by atoms with Gasteiger partial charge in [-0.15, -0.1) is 0 Å². The van der Waals surface area contributed by atoms with Crippen molar-refractivity contribution in [2.45, 2.75) is 25.8 Å². The summed E-state index contributed by atoms with van der Waals surface area (Å²) in [5.74, 6) is 0.589. The van der Waals surface area contributed by atoms with Gasteiger partial charge in [-0.3, -0.25) is 14.5 Å². The van der Waals surface area contributed by atoms with Gasteiger partial charge in [0.1, 0.15) is 0 Å². The van der Waals surface area contributed by atoms with Crippen LogP contribution < -0.4 is 4.90 Å². The van der Waals surface area contributed by atoms with Crippen LogP contribution in [0.5, 0.6) is 0 Å². The molecule has 7 heteroatoms. The number of likely N-dealkylation sites (tertiary alicyclic amines) is 1. The summed E-state index contributed by atoms with van der Waals surface area (Å²) in [7, 11) is 0. The molecule has 3 fully saturated rings. The minimum absolute atomic E-state index is 0.0936. The van der Waals surface area contributed by atoms with Gasteiger partial charge in [0.15, 0.2) is 0 Å². The second-order valence-electron chi connectivity index (χ2n) is 8.57. The van der Waals surface area contributed by atoms with Crippen LogP contribution in [0.15, 0.2) is 30.3 Å². The first-order valence-electron chi connectivity index (χ1n) is 11.3. The van der Waals surface area contributed by atoms with Crippen molar-refractivity contribution in [2.75, 3.05) is 70.5 Å². The molecule has 1 unspecified atom stereocenters. The maximum Gasteiger partial charge on any atom is 0.239 e. The minimum atomic E-state index is -0.118. The van der Waals surface area contributed by atoms with Gasteiger partial charge in [-0.05, 0) is 45.0 Å². The van der Waals surface area contributed by atoms with E-state index in [9.17, 15) is 9.59 Å². The fraction of sp³-hybridized carbons (Fsp3) is 0.652. The molecule has 3 heterocycles. The van der Waals surface area contributed by atoms with Gasteiger partial charge in [0.2, 0.25) is 11.8 Å². The van der Waals surface area contributed by atoms with Gasteiger partial charge in [-0.1, -0.05) is 18.2 Å². The highest BCUT2D eigenvalue weighted by Crippen LogP contribution is 2.23. The van der Waals surface area contributed by atoms with Crippen LogP contribution in [0.1, 0.15) is 19.8 Å². The number of morpholine rings is 1. The first-order valence-corrected chi connectivity index (χ1v) is 11.3. The lowest BCUT2D eigenvalue weighted by atomic mass is 9.94. The van der Waals surface area contributed by atoms with E-state index >= 15 is 0 Å². The topological polar surface area (TPSA) is 56.3 Å². The van der Waals surface area contributed by atoms with Crippen LogP contribution in [0.3, 0.4) is 0 Å². The van der Waals surface area contributed by atoms with Crippen molar-refractivity contribution >= 4 is 17.5 Å². The molecular weight excluding hydrogens is 380 g/mol. The number of piperidine rings is 1. The summed E-state index contributed by atoms with van der Waals surface area (Å²) < 4.78 is 5.35. The molecule has 0 radical (unpaired) electrons. The fourth-order valence-electron chi connectivity index (χ4n) is 4.82. The second kappa shape index (κ2) is 9.79. The average Bonchev–Trinajstić information content (AvgIpc) is 2.84. The van der Waals surface area contributed by atoms with Crippen LogP contribution in [0.2, 0.25) is 0 Å². The van der Waals surface area contributed by atoms with Crippen molar-refractivity contribution in [1.29, 1.82) is 0 Å². The molecule has 3 aliphatic rings. The number of para-hydroxylation sites is 1. The summed E-state index contributed by atoms with van der Waals surface area (Å²) in [4.78, 5) is 34.4. The molecule has 0 spiro atoms. The van der Waals surface area contributed by atoms with Gasteiger partial charge in [-0.2, -0.15) is 0 Å². The number of anilines is 1. The summed E-state index contributed by atoms with van der Waals surface area (Å²) in [5.41, 5.74) is 1.23. The van der Waals surface area contributed by atoms with E-state index in [0.717, 1.165) is 52.1 Å². The molecule has 164 valence electrons. The molecule has 0 aliphatic carbocycles. The number of carbonyl (C=O) groups excluding carboxylic acids is 2. The Hall–Kier alpha value is -2.12. The Kier molecular flexibility index (Phi) is 6.89. The highest BCUT2D eigenvalue weighted by atomic mass is 16.5. The van der Waals surface area contributed by atoms with Crippen molar-refractivity contribution in [1.82, 2.24) is 14.7 Å². The predicted molar refractivity (Wildman–Crippen MR) is 116 cm³/mol. The Bertz CT molecular complexity index is 706. The van der Waals surface area contributed by atoms with E-state index in [2.05, 4.69) is 34.1 Å². The van der Waals surface area contributed by atoms with Crippen LogP contribution in [0, 0.1) is 5.92 Å². The van der Waals surface area contributed by atoms with Crippen LogP contribution >= 0.6 is 0 Å². The molecule has 1 aromatic carbocycles. The summed E-state index contributed by atoms with van der Waals surface area (Å²) in [5, 5.41) is 0. The average molecular weight is 415 g/mol. The molecule has 1 aromatic rings. The lowest BCUT2D eigenvalue weighted by molar-refractivity contribution is -0.142. The van der Waals surface area contributed by atoms with Gasteiger partial charge < -0.3 is 19.4 Å². The minimum Gasteiger partial charge on any atom is -0.378 e. The number of ether oxygens (including phenoxy) is 1. The molecule has 7 nitrogen and oxygen atoms in total. The summed E-state index contributed by atoms with van der Waals surface area (Å²) in [6.45, 7) is 9.66. The molecule has 2 amide bonds. The first kappa shape index (κ1) is 21.1. The lowest BCUT2D eigenvalue weighted by Crippen LogP contribution is -2.55. The van der Waals surface area contributed by atoms with Gasteiger partial charge in [-0.25, -0.2) is 0 Å². The van der Waals surface area contributed by atoms with E-state index < -0.39 is 0 Å². The molecule has 3 saturated heterocycles. The molecule has 30 heavy (non-hydrogen) atoms. The van der Waals surface area contributed by atoms with Crippen LogP contribution in [0.4, 0.5) is 5.69 Å². The zero-order valence-electron chi connectivity index (χ0n) is 18.0. The van der Waals surface area contributed by atoms with Crippen molar-refractivity contribution in [3.8, 4) is 0 Å². The van der Waals surface area contributed by atoms with E-state index in [0.29, 0.717) is 26.3 Å². The van der Waals surface area contributed by atoms with E-state index in [1.165, 1.54) is 5.69 Å². The van der Waals surface area contributed by atoms with Crippen molar-refractivity contribution < 1.29 is 14.3 Å². The number of amides is 2. The SMILES string of the molecule is CC(C(=O)N1CCN(c2ccccc2)CC1)N1CCC(C(=O)N2CCOCC2)CC1. The van der Waals surface area contributed by atoms with Crippen molar-refractivity contribution in [2.24, 2.45) is 5.92 Å². The number of hydrogen-bond acceptors (Lipinski definition) is 5. The maximum atomic E-state index is 13.1. The molecule has 0 bridgehead atoms. The number of benzene rings is 1. The number of rotatable bonds is 4. The lowest BCUT2D eigenvalue weighted by Gasteiger charge is -2.41. The number of carbonyl (C=O) groups is 2. The Balaban J connectivity index is 1.23. The number of hydrogen-bond donors (Lipinski definition) is 0. The van der Waals surface area contributed by atoms with Crippen molar-refractivity contribution in [3.63, 3.8) is 0 Å². The zero-order valence-corrected chi connectivity index (χ0v) is 18.0. The third kappa shape index (κ3) is 4.78. The highest BCUT2D eigenvalue weighted by Gasteiger charge is 2.34. The molecule has 4 rings (SSSR count). The fourth-order valence-corrected chi connectivity index (χ4v) is 4.82. The molecule has 0 N–H and O–H groups in total. The monoisotopic (exact) mass is 414 g/mol. The van der Waals surface area contributed by atoms with Crippen molar-refractivity contribution in [3.05, 3.63) is 30.3 Å². The smallest absolute Gasteiger partial charge is 0.239 e. The Labute approximate surface area is 179 Å². The molecular formula is C23H34N4O3. The Morgan fingerprint density at radius 1 is 0.867 bits per heavy atom. The summed E-state index contributed by atoms with van der Waals surface area (Å²) in [6.07, 6.45) is 1.69. The quantitative estimate of drug-likeness (QED) is 0.743. The summed E-state index contributed by atoms with van der Waals surface area (Å²) >= 11 is 0. The molecule has 1 atom stereocenters. The predicted octanol–water partition coefficient (Wildman–Crippen LogP) is 1.29. The Morgan fingerprint density at radius 2 is 1.50 bits per heavy atom. The molecule has 3 aliphatic heterocycles. The second-order valence-corrected chi connectivity index (χ2v) is 8.57. The third-order valence-electron chi connectivity index (χ3n) is 6.82. The summed E-state index contributed by atoms with van der Waals surface area (Å²) in [6, 6.07) is 10.3. The third-order valence-corrected chi connectivity index (χ3v) is 6.82. The molecule has 0 aromatic heterocycles. The zero-order chi connectivity index (χ0) is 20.9. The van der Waals surface area contributed by atoms with E-state index in [1.54, 1.807) is 0 Å². The van der Waals surface area contributed by atoms with Gasteiger partial charge in [0.05, 0.1) is 19.3 Å². The normalized spacial score (nSPS) is 22.8. The highest BCUT2D eigenvalue weighted by molar-refractivity contribution is 5.82. The van der Waals surface area contributed by atoms with Crippen LogP contribution in [-0.4, -0.2) is 98.1 Å². The van der Waals surface area contributed by atoms with Crippen LogP contribution in [-0.2, 0) is 14.3 Å². The van der Waals surface area contributed by atoms with Gasteiger partial charge in [0.25, 0.3) is 0 Å². The van der Waals surface area contributed by atoms with Gasteiger partial charge in [0, 0.05) is 50.9 Å². The van der Waals surface area contributed by atoms with E-state index in [-0.39, 0.29) is 23.8 Å². The standard InChI is InChI=1S/C23H34N4O3/c1-19(22(28)26-13-11-25(12-14-26)21-5-3-2-4-6-21)24-9-7-20(8-10-24)23(29)27-15-17-30-18-16-27/h2-6,19-20H,7-18H2,1H3. The first-order chi connectivity index (χ1) is 14.6. The van der Waals surface area contributed by atoms with E-state index in [1.807, 2.05) is 22.8 Å². The van der Waals surface area contributed by atoms with Gasteiger partial charge >= 0.3 is 0 Å². The number of nitrogens with zero attached hydrogens (tertiary/aromatic N) is 4. The van der Waals surface area contributed by atoms with E-state index in [4.69, 9.17) is 4.74 Å².